The van der Waals surface area contributed by atoms with E-state index >= 15 is 0 Å². The van der Waals surface area contributed by atoms with Crippen molar-refractivity contribution >= 4 is 23.4 Å². The average molecular weight is 298 g/mol. The first-order chi connectivity index (χ1) is 9.52. The van der Waals surface area contributed by atoms with E-state index in [0.29, 0.717) is 0 Å². The molecule has 8 heteroatoms. The molecule has 0 unspecified atom stereocenters. The monoisotopic (exact) mass is 297 g/mol. The van der Waals surface area contributed by atoms with Gasteiger partial charge in [0.25, 0.3) is 0 Å². The van der Waals surface area contributed by atoms with Crippen molar-refractivity contribution in [1.29, 1.82) is 0 Å². The number of ketones is 1. The van der Waals surface area contributed by atoms with Crippen molar-refractivity contribution in [1.82, 2.24) is 14.8 Å². The minimum Gasteiger partial charge on any atom is -0.463 e. The van der Waals surface area contributed by atoms with E-state index in [1.54, 1.807) is 0 Å². The van der Waals surface area contributed by atoms with E-state index in [-0.39, 0.29) is 23.0 Å². The van der Waals surface area contributed by atoms with E-state index in [0.717, 1.165) is 23.1 Å². The lowest BCUT2D eigenvalue weighted by atomic mass is 10.1. The van der Waals surface area contributed by atoms with Crippen molar-refractivity contribution < 1.29 is 18.7 Å². The van der Waals surface area contributed by atoms with Gasteiger partial charge in [0.2, 0.25) is 5.82 Å². The van der Waals surface area contributed by atoms with Crippen LogP contribution in [0.3, 0.4) is 0 Å². The molecule has 0 amide bonds. The van der Waals surface area contributed by atoms with E-state index < -0.39 is 17.6 Å². The molecule has 20 heavy (non-hydrogen) atoms. The topological polar surface area (TPSA) is 74.1 Å². The molecule has 1 aromatic carbocycles. The molecule has 104 valence electrons. The van der Waals surface area contributed by atoms with Crippen LogP contribution in [0.4, 0.5) is 4.39 Å². The molecule has 0 radical (unpaired) electrons. The van der Waals surface area contributed by atoms with Crippen LogP contribution in [0.5, 0.6) is 0 Å². The lowest BCUT2D eigenvalue weighted by Crippen LogP contribution is -2.18. The first-order valence-corrected chi connectivity index (χ1v) is 5.85. The fourth-order valence-electron chi connectivity index (χ4n) is 1.57. The van der Waals surface area contributed by atoms with Gasteiger partial charge in [0.05, 0.1) is 12.1 Å². The van der Waals surface area contributed by atoms with Gasteiger partial charge in [-0.25, -0.2) is 18.9 Å². The number of hydrogen-bond acceptors (Lipinski definition) is 5. The van der Waals surface area contributed by atoms with Gasteiger partial charge in [-0.3, -0.25) is 4.79 Å². The summed E-state index contributed by atoms with van der Waals surface area (Å²) in [5.74, 6) is -1.77. The highest BCUT2D eigenvalue weighted by atomic mass is 35.5. The van der Waals surface area contributed by atoms with Crippen molar-refractivity contribution in [3.8, 4) is 0 Å². The Morgan fingerprint density at radius 1 is 1.45 bits per heavy atom. The number of halogens is 2. The predicted octanol–water partition coefficient (Wildman–Crippen LogP) is 1.74. The van der Waals surface area contributed by atoms with Crippen LogP contribution in [-0.2, 0) is 11.3 Å². The van der Waals surface area contributed by atoms with Crippen molar-refractivity contribution in [2.24, 2.45) is 0 Å². The van der Waals surface area contributed by atoms with Crippen LogP contribution in [0.2, 0.25) is 5.02 Å². The molecule has 6 nitrogen and oxygen atoms in total. The lowest BCUT2D eigenvalue weighted by molar-refractivity contribution is 0.0579. The van der Waals surface area contributed by atoms with Crippen LogP contribution in [0.25, 0.3) is 0 Å². The maximum Gasteiger partial charge on any atom is 0.375 e. The third kappa shape index (κ3) is 2.83. The Bertz CT molecular complexity index is 672. The van der Waals surface area contributed by atoms with Crippen LogP contribution >= 0.6 is 11.6 Å². The van der Waals surface area contributed by atoms with Crippen LogP contribution in [0.15, 0.2) is 24.5 Å². The van der Waals surface area contributed by atoms with E-state index in [4.69, 9.17) is 11.6 Å². The van der Waals surface area contributed by atoms with Gasteiger partial charge in [-0.15, -0.1) is 0 Å². The minimum absolute atomic E-state index is 0.00488. The Kier molecular flexibility index (Phi) is 4.09. The molecule has 0 saturated heterocycles. The van der Waals surface area contributed by atoms with E-state index in [9.17, 15) is 14.0 Å². The average Bonchev–Trinajstić information content (AvgIpc) is 2.85. The van der Waals surface area contributed by atoms with Crippen molar-refractivity contribution in [3.05, 3.63) is 46.8 Å². The molecule has 1 aromatic heterocycles. The molecule has 0 aliphatic rings. The van der Waals surface area contributed by atoms with Crippen molar-refractivity contribution in [2.45, 2.75) is 6.54 Å². The van der Waals surface area contributed by atoms with E-state index in [1.165, 1.54) is 13.2 Å². The standard InChI is InChI=1S/C12H9ClFN3O3/c1-20-12(19)11-15-6-16-17(11)5-10(18)8-3-2-7(14)4-9(8)13/h2-4,6H,5H2,1H3. The molecule has 0 saturated carbocycles. The SMILES string of the molecule is COC(=O)c1ncnn1CC(=O)c1ccc(F)cc1Cl. The normalized spacial score (nSPS) is 10.3. The largest absolute Gasteiger partial charge is 0.463 e. The van der Waals surface area contributed by atoms with Crippen LogP contribution in [0, 0.1) is 5.82 Å². The van der Waals surface area contributed by atoms with Crippen LogP contribution in [0.1, 0.15) is 21.0 Å². The van der Waals surface area contributed by atoms with Crippen molar-refractivity contribution in [2.75, 3.05) is 7.11 Å². The van der Waals surface area contributed by atoms with E-state index in [1.807, 2.05) is 0 Å². The highest BCUT2D eigenvalue weighted by Crippen LogP contribution is 2.18. The summed E-state index contributed by atoms with van der Waals surface area (Å²) in [7, 11) is 1.19. The second-order valence-corrected chi connectivity index (χ2v) is 4.19. The number of aromatic nitrogens is 3. The van der Waals surface area contributed by atoms with Gasteiger partial charge >= 0.3 is 5.97 Å². The number of nitrogens with zero attached hydrogens (tertiary/aromatic N) is 3. The molecular formula is C12H9ClFN3O3. The van der Waals surface area contributed by atoms with Gasteiger partial charge in [-0.1, -0.05) is 11.6 Å². The van der Waals surface area contributed by atoms with Gasteiger partial charge in [0.1, 0.15) is 18.7 Å². The molecule has 2 aromatic rings. The fraction of sp³-hybridized carbons (Fsp3) is 0.167. The first kappa shape index (κ1) is 14.1. The Morgan fingerprint density at radius 3 is 2.85 bits per heavy atom. The summed E-state index contributed by atoms with van der Waals surface area (Å²) in [6.45, 7) is -0.254. The summed E-state index contributed by atoms with van der Waals surface area (Å²) in [4.78, 5) is 27.2. The summed E-state index contributed by atoms with van der Waals surface area (Å²) in [5, 5.41) is 3.76. The number of Topliss-reactive ketones (excluding diaryl/α,β-unsaturated/α-hetero) is 1. The number of carbonyl (C=O) groups excluding carboxylic acids is 2. The molecule has 2 rings (SSSR count). The third-order valence-electron chi connectivity index (χ3n) is 2.51. The zero-order valence-electron chi connectivity index (χ0n) is 10.3. The highest BCUT2D eigenvalue weighted by molar-refractivity contribution is 6.33. The quantitative estimate of drug-likeness (QED) is 0.635. The molecule has 0 bridgehead atoms. The van der Waals surface area contributed by atoms with Crippen LogP contribution < -0.4 is 0 Å². The number of carbonyl (C=O) groups is 2. The second-order valence-electron chi connectivity index (χ2n) is 3.78. The van der Waals surface area contributed by atoms with Gasteiger partial charge in [-0.05, 0) is 18.2 Å². The molecule has 0 aliphatic heterocycles. The molecule has 0 fully saturated rings. The number of rotatable bonds is 4. The maximum absolute atomic E-state index is 12.9. The fourth-order valence-corrected chi connectivity index (χ4v) is 1.84. The lowest BCUT2D eigenvalue weighted by Gasteiger charge is -2.05. The number of hydrogen-bond donors (Lipinski definition) is 0. The molecule has 0 aliphatic carbocycles. The van der Waals surface area contributed by atoms with Gasteiger partial charge in [0, 0.05) is 5.56 Å². The smallest absolute Gasteiger partial charge is 0.375 e. The number of ether oxygens (including phenoxy) is 1. The molecule has 0 spiro atoms. The zero-order valence-corrected chi connectivity index (χ0v) is 11.1. The summed E-state index contributed by atoms with van der Waals surface area (Å²) in [6.07, 6.45) is 1.13. The molecule has 0 atom stereocenters. The Hall–Kier alpha value is -2.28. The maximum atomic E-state index is 12.9. The number of esters is 1. The van der Waals surface area contributed by atoms with Crippen molar-refractivity contribution in [3.63, 3.8) is 0 Å². The Labute approximate surface area is 118 Å². The molecule has 0 N–H and O–H groups in total. The predicted molar refractivity (Wildman–Crippen MR) is 67.1 cm³/mol. The second kappa shape index (κ2) is 5.79. The summed E-state index contributed by atoms with van der Waals surface area (Å²) in [6, 6.07) is 3.44. The number of methoxy groups -OCH3 is 1. The third-order valence-corrected chi connectivity index (χ3v) is 2.82. The summed E-state index contributed by atoms with van der Waals surface area (Å²) in [5.41, 5.74) is 0.138. The van der Waals surface area contributed by atoms with Gasteiger partial charge < -0.3 is 4.74 Å². The Morgan fingerprint density at radius 2 is 2.20 bits per heavy atom. The summed E-state index contributed by atoms with van der Waals surface area (Å²) >= 11 is 5.80. The molecule has 1 heterocycles. The van der Waals surface area contributed by atoms with Crippen LogP contribution in [-0.4, -0.2) is 33.6 Å². The molecular weight excluding hydrogens is 289 g/mol. The zero-order chi connectivity index (χ0) is 14.7. The van der Waals surface area contributed by atoms with Gasteiger partial charge in [0.15, 0.2) is 5.78 Å². The van der Waals surface area contributed by atoms with E-state index in [2.05, 4.69) is 14.8 Å². The Balaban J connectivity index is 2.24. The minimum atomic E-state index is -0.708. The van der Waals surface area contributed by atoms with Gasteiger partial charge in [-0.2, -0.15) is 5.10 Å². The number of benzene rings is 1. The first-order valence-electron chi connectivity index (χ1n) is 5.47. The summed E-state index contributed by atoms with van der Waals surface area (Å²) < 4.78 is 18.5. The highest BCUT2D eigenvalue weighted by Gasteiger charge is 2.18.